The van der Waals surface area contributed by atoms with Crippen LogP contribution in [0.2, 0.25) is 0 Å². The van der Waals surface area contributed by atoms with Gasteiger partial charge in [0.15, 0.2) is 11.4 Å². The molecule has 0 saturated carbocycles. The molecule has 0 fully saturated rings. The summed E-state index contributed by atoms with van der Waals surface area (Å²) in [5.74, 6) is 0. The molecule has 2 aromatic carbocycles. The van der Waals surface area contributed by atoms with Crippen LogP contribution in [0.4, 0.5) is 0 Å². The molecule has 2 heterocycles. The fourth-order valence-electron chi connectivity index (χ4n) is 2.95. The van der Waals surface area contributed by atoms with Crippen molar-refractivity contribution in [3.05, 3.63) is 70.8 Å². The number of para-hydroxylation sites is 1. The van der Waals surface area contributed by atoms with E-state index in [0.29, 0.717) is 22.6 Å². The number of nitrogens with zero attached hydrogens (tertiary/aromatic N) is 2. The van der Waals surface area contributed by atoms with Gasteiger partial charge in [-0.25, -0.2) is 4.79 Å². The number of benzene rings is 2. The lowest BCUT2D eigenvalue weighted by molar-refractivity contribution is -0.887. The van der Waals surface area contributed by atoms with Crippen molar-refractivity contribution < 1.29 is 9.94 Å². The number of H-pyrrole nitrogens is 1. The third-order valence-electron chi connectivity index (χ3n) is 3.96. The monoisotopic (exact) mass is 292 g/mol. The first-order chi connectivity index (χ1) is 10.7. The number of fused-ring (bicyclic) bond motifs is 3. The second-order valence-corrected chi connectivity index (χ2v) is 5.25. The topological polar surface area (TPSA) is 61.4 Å². The summed E-state index contributed by atoms with van der Waals surface area (Å²) in [5.41, 5.74) is 3.07. The molecule has 0 atom stereocenters. The highest BCUT2D eigenvalue weighted by molar-refractivity contribution is 5.90. The Kier molecular flexibility index (Phi) is 2.56. The molecule has 0 spiro atoms. The second kappa shape index (κ2) is 4.46. The van der Waals surface area contributed by atoms with Crippen LogP contribution in [-0.4, -0.2) is 14.6 Å². The van der Waals surface area contributed by atoms with Crippen LogP contribution in [0, 0.1) is 6.92 Å². The zero-order valence-corrected chi connectivity index (χ0v) is 11.9. The molecule has 0 aliphatic heterocycles. The number of imidazole rings is 1. The maximum atomic E-state index is 12.5. The van der Waals surface area contributed by atoms with Gasteiger partial charge in [0.2, 0.25) is 0 Å². The van der Waals surface area contributed by atoms with Gasteiger partial charge in [-0.2, -0.15) is 0 Å². The normalized spacial score (nSPS) is 11.3. The molecule has 5 heteroatoms. The number of aromatic nitrogens is 3. The molecule has 0 radical (unpaired) electrons. The van der Waals surface area contributed by atoms with Crippen LogP contribution in [0.3, 0.4) is 0 Å². The van der Waals surface area contributed by atoms with Crippen LogP contribution in [0.5, 0.6) is 0 Å². The molecule has 5 nitrogen and oxygen atoms in total. The number of nitrogens with one attached hydrogen (secondary N) is 1. The van der Waals surface area contributed by atoms with E-state index in [1.807, 2.05) is 54.6 Å². The smallest absolute Gasteiger partial charge is 0.349 e. The van der Waals surface area contributed by atoms with Crippen molar-refractivity contribution in [3.63, 3.8) is 0 Å². The molecule has 22 heavy (non-hydrogen) atoms. The molecule has 4 aromatic rings. The van der Waals surface area contributed by atoms with E-state index in [-0.39, 0.29) is 5.69 Å². The van der Waals surface area contributed by atoms with E-state index >= 15 is 0 Å². The van der Waals surface area contributed by atoms with Crippen molar-refractivity contribution in [1.29, 1.82) is 0 Å². The SMILES string of the molecule is Cc1c(-c2ccccc2)n2c(=O)[nH]c3ccccc3c2[n+]1O. The Morgan fingerprint density at radius 1 is 1.05 bits per heavy atom. The van der Waals surface area contributed by atoms with Crippen molar-refractivity contribution in [2.45, 2.75) is 6.92 Å². The second-order valence-electron chi connectivity index (χ2n) is 5.25. The van der Waals surface area contributed by atoms with Crippen molar-refractivity contribution in [2.24, 2.45) is 0 Å². The molecule has 4 rings (SSSR count). The van der Waals surface area contributed by atoms with Gasteiger partial charge in [0, 0.05) is 12.5 Å². The highest BCUT2D eigenvalue weighted by Gasteiger charge is 2.28. The van der Waals surface area contributed by atoms with Gasteiger partial charge in [-0.15, -0.1) is 4.40 Å². The lowest BCUT2D eigenvalue weighted by Crippen LogP contribution is -2.33. The van der Waals surface area contributed by atoms with Gasteiger partial charge in [0.05, 0.1) is 10.9 Å². The Morgan fingerprint density at radius 3 is 2.50 bits per heavy atom. The average Bonchev–Trinajstić information content (AvgIpc) is 2.81. The summed E-state index contributed by atoms with van der Waals surface area (Å²) in [4.78, 5) is 15.4. The van der Waals surface area contributed by atoms with E-state index in [2.05, 4.69) is 4.98 Å². The Labute approximate surface area is 125 Å². The van der Waals surface area contributed by atoms with Crippen LogP contribution in [-0.2, 0) is 0 Å². The van der Waals surface area contributed by atoms with E-state index in [1.165, 1.54) is 4.40 Å². The Balaban J connectivity index is 2.28. The molecule has 2 aromatic heterocycles. The van der Waals surface area contributed by atoms with Crippen LogP contribution in [0.1, 0.15) is 5.69 Å². The maximum Gasteiger partial charge on any atom is 0.418 e. The maximum absolute atomic E-state index is 12.5. The summed E-state index contributed by atoms with van der Waals surface area (Å²) in [6.07, 6.45) is 0. The highest BCUT2D eigenvalue weighted by atomic mass is 16.5. The van der Waals surface area contributed by atoms with E-state index in [0.717, 1.165) is 15.7 Å². The first-order valence-corrected chi connectivity index (χ1v) is 7.01. The standard InChI is InChI=1S/C17H13N3O2/c1-11-15(12-7-3-2-4-8-12)19-16(20(11)22)13-9-5-6-10-14(13)18-17(19)21/h2-10,22H,1H3/p+1. The molecule has 0 bridgehead atoms. The molecule has 2 N–H and O–H groups in total. The van der Waals surface area contributed by atoms with E-state index < -0.39 is 0 Å². The molecular formula is C17H14N3O2+. The third kappa shape index (κ3) is 1.59. The summed E-state index contributed by atoms with van der Waals surface area (Å²) in [5, 5.41) is 11.3. The van der Waals surface area contributed by atoms with Gasteiger partial charge >= 0.3 is 11.3 Å². The predicted molar refractivity (Wildman–Crippen MR) is 83.1 cm³/mol. The minimum atomic E-state index is -0.275. The minimum absolute atomic E-state index is 0.275. The summed E-state index contributed by atoms with van der Waals surface area (Å²) < 4.78 is 2.60. The first kappa shape index (κ1) is 12.6. The zero-order valence-electron chi connectivity index (χ0n) is 11.9. The summed E-state index contributed by atoms with van der Waals surface area (Å²) in [6.45, 7) is 1.80. The lowest BCUT2D eigenvalue weighted by Gasteiger charge is -1.98. The Bertz CT molecular complexity index is 1060. The summed E-state index contributed by atoms with van der Waals surface area (Å²) >= 11 is 0. The van der Waals surface area contributed by atoms with Crippen LogP contribution in [0.15, 0.2) is 59.4 Å². The minimum Gasteiger partial charge on any atom is -0.349 e. The Morgan fingerprint density at radius 2 is 1.73 bits per heavy atom. The summed E-state index contributed by atoms with van der Waals surface area (Å²) in [7, 11) is 0. The van der Waals surface area contributed by atoms with Gasteiger partial charge in [-0.3, -0.25) is 4.98 Å². The van der Waals surface area contributed by atoms with Crippen LogP contribution in [0.25, 0.3) is 27.8 Å². The van der Waals surface area contributed by atoms with E-state index in [4.69, 9.17) is 0 Å². The first-order valence-electron chi connectivity index (χ1n) is 7.01. The van der Waals surface area contributed by atoms with Crippen molar-refractivity contribution in [2.75, 3.05) is 0 Å². The molecular weight excluding hydrogens is 278 g/mol. The van der Waals surface area contributed by atoms with Gasteiger partial charge in [-0.05, 0) is 16.9 Å². The molecule has 0 saturated heterocycles. The fourth-order valence-corrected chi connectivity index (χ4v) is 2.95. The van der Waals surface area contributed by atoms with Crippen LogP contribution < -0.4 is 10.4 Å². The third-order valence-corrected chi connectivity index (χ3v) is 3.96. The quantitative estimate of drug-likeness (QED) is 0.417. The van der Waals surface area contributed by atoms with Gasteiger partial charge in [0.1, 0.15) is 0 Å². The van der Waals surface area contributed by atoms with Gasteiger partial charge in [0.25, 0.3) is 0 Å². The van der Waals surface area contributed by atoms with Crippen molar-refractivity contribution in [3.8, 4) is 11.3 Å². The molecule has 0 aliphatic rings. The molecule has 0 aliphatic carbocycles. The molecule has 108 valence electrons. The number of hydrogen-bond donors (Lipinski definition) is 2. The van der Waals surface area contributed by atoms with Crippen molar-refractivity contribution >= 4 is 16.6 Å². The van der Waals surface area contributed by atoms with Gasteiger partial charge in [-0.1, -0.05) is 42.5 Å². The van der Waals surface area contributed by atoms with Gasteiger partial charge < -0.3 is 5.21 Å². The predicted octanol–water partition coefficient (Wildman–Crippen LogP) is 2.28. The molecule has 0 amide bonds. The average molecular weight is 292 g/mol. The number of hydrogen-bond acceptors (Lipinski definition) is 2. The van der Waals surface area contributed by atoms with Crippen LogP contribution >= 0.6 is 0 Å². The lowest BCUT2D eigenvalue weighted by atomic mass is 10.1. The van der Waals surface area contributed by atoms with E-state index in [9.17, 15) is 10.0 Å². The van der Waals surface area contributed by atoms with Crippen molar-refractivity contribution in [1.82, 2.24) is 9.38 Å². The molecule has 0 unspecified atom stereocenters. The Hall–Kier alpha value is -3.08. The summed E-state index contributed by atoms with van der Waals surface area (Å²) in [6, 6.07) is 17.0. The highest BCUT2D eigenvalue weighted by Crippen LogP contribution is 2.24. The number of aromatic amines is 1. The number of rotatable bonds is 1. The fraction of sp³-hybridized carbons (Fsp3) is 0.0588. The zero-order chi connectivity index (χ0) is 15.3. The van der Waals surface area contributed by atoms with E-state index in [1.54, 1.807) is 6.92 Å². The largest absolute Gasteiger partial charge is 0.418 e.